The summed E-state index contributed by atoms with van der Waals surface area (Å²) in [7, 11) is 0. The van der Waals surface area contributed by atoms with Crippen LogP contribution < -0.4 is 10.1 Å². The van der Waals surface area contributed by atoms with Crippen molar-refractivity contribution in [3.05, 3.63) is 30.3 Å². The number of nitrogens with one attached hydrogen (secondary N) is 1. The summed E-state index contributed by atoms with van der Waals surface area (Å²) in [5.41, 5.74) is 0. The Balaban J connectivity index is 1.42. The first-order valence-corrected chi connectivity index (χ1v) is 11.3. The van der Waals surface area contributed by atoms with E-state index in [1.807, 2.05) is 30.3 Å². The molecule has 0 bridgehead atoms. The summed E-state index contributed by atoms with van der Waals surface area (Å²) in [6, 6.07) is 10.1. The highest BCUT2D eigenvalue weighted by molar-refractivity contribution is 5.80. The molecule has 1 aromatic rings. The van der Waals surface area contributed by atoms with Crippen molar-refractivity contribution < 1.29 is 9.47 Å². The zero-order chi connectivity index (χ0) is 20.5. The molecule has 6 heteroatoms. The third kappa shape index (κ3) is 7.19. The highest BCUT2D eigenvalue weighted by Crippen LogP contribution is 2.18. The SMILES string of the molecule is CCNC(=NCCCN1CC(C)OC(C)C1)N1CCC(Oc2ccccc2)CC1. The molecule has 2 fully saturated rings. The van der Waals surface area contributed by atoms with Gasteiger partial charge in [-0.15, -0.1) is 0 Å². The number of guanidine groups is 1. The van der Waals surface area contributed by atoms with E-state index in [0.717, 1.165) is 76.8 Å². The predicted molar refractivity (Wildman–Crippen MR) is 119 cm³/mol. The Morgan fingerprint density at radius 2 is 1.83 bits per heavy atom. The lowest BCUT2D eigenvalue weighted by Crippen LogP contribution is -2.47. The number of hydrogen-bond donors (Lipinski definition) is 1. The van der Waals surface area contributed by atoms with E-state index in [1.165, 1.54) is 0 Å². The fourth-order valence-electron chi connectivity index (χ4n) is 4.25. The number of benzene rings is 1. The van der Waals surface area contributed by atoms with E-state index in [9.17, 15) is 0 Å². The fourth-order valence-corrected chi connectivity index (χ4v) is 4.25. The molecule has 162 valence electrons. The van der Waals surface area contributed by atoms with E-state index in [0.29, 0.717) is 18.3 Å². The van der Waals surface area contributed by atoms with Crippen LogP contribution in [0.2, 0.25) is 0 Å². The van der Waals surface area contributed by atoms with Crippen molar-refractivity contribution >= 4 is 5.96 Å². The standard InChI is InChI=1S/C23H38N4O2/c1-4-24-23(25-13-8-14-26-17-19(2)28-20(3)18-26)27-15-11-22(12-16-27)29-21-9-6-5-7-10-21/h5-7,9-10,19-20,22H,4,8,11-18H2,1-3H3,(H,24,25). The molecule has 0 aliphatic carbocycles. The normalized spacial score (nSPS) is 24.5. The van der Waals surface area contributed by atoms with Gasteiger partial charge in [-0.05, 0) is 39.3 Å². The van der Waals surface area contributed by atoms with Gasteiger partial charge in [-0.25, -0.2) is 0 Å². The number of piperidine rings is 1. The van der Waals surface area contributed by atoms with Crippen LogP contribution in [0.25, 0.3) is 0 Å². The molecular weight excluding hydrogens is 364 g/mol. The van der Waals surface area contributed by atoms with Crippen LogP contribution in [0.15, 0.2) is 35.3 Å². The van der Waals surface area contributed by atoms with E-state index in [4.69, 9.17) is 14.5 Å². The Morgan fingerprint density at radius 3 is 2.48 bits per heavy atom. The lowest BCUT2D eigenvalue weighted by molar-refractivity contribution is -0.0679. The number of nitrogens with zero attached hydrogens (tertiary/aromatic N) is 3. The number of rotatable bonds is 7. The largest absolute Gasteiger partial charge is 0.490 e. The number of hydrogen-bond acceptors (Lipinski definition) is 4. The summed E-state index contributed by atoms with van der Waals surface area (Å²) in [5.74, 6) is 2.02. The van der Waals surface area contributed by atoms with Crippen LogP contribution in [0.3, 0.4) is 0 Å². The van der Waals surface area contributed by atoms with E-state index in [-0.39, 0.29) is 0 Å². The van der Waals surface area contributed by atoms with Gasteiger partial charge in [0.25, 0.3) is 0 Å². The molecule has 0 spiro atoms. The molecule has 2 saturated heterocycles. The van der Waals surface area contributed by atoms with Crippen molar-refractivity contribution in [1.29, 1.82) is 0 Å². The highest BCUT2D eigenvalue weighted by Gasteiger charge is 2.23. The summed E-state index contributed by atoms with van der Waals surface area (Å²) in [6.07, 6.45) is 4.10. The minimum atomic E-state index is 0.293. The minimum absolute atomic E-state index is 0.293. The Kier molecular flexibility index (Phi) is 8.62. The van der Waals surface area contributed by atoms with E-state index >= 15 is 0 Å². The van der Waals surface area contributed by atoms with Crippen molar-refractivity contribution in [3.63, 3.8) is 0 Å². The summed E-state index contributed by atoms with van der Waals surface area (Å²) >= 11 is 0. The van der Waals surface area contributed by atoms with Crippen molar-refractivity contribution in [2.45, 2.75) is 58.3 Å². The molecule has 0 amide bonds. The molecule has 0 saturated carbocycles. The van der Waals surface area contributed by atoms with E-state index in [1.54, 1.807) is 0 Å². The van der Waals surface area contributed by atoms with Crippen molar-refractivity contribution in [2.75, 3.05) is 45.8 Å². The first kappa shape index (κ1) is 21.9. The third-order valence-electron chi connectivity index (χ3n) is 5.51. The van der Waals surface area contributed by atoms with Crippen LogP contribution in [-0.4, -0.2) is 79.9 Å². The molecule has 6 nitrogen and oxygen atoms in total. The van der Waals surface area contributed by atoms with E-state index in [2.05, 4.69) is 35.9 Å². The molecule has 0 radical (unpaired) electrons. The summed E-state index contributed by atoms with van der Waals surface area (Å²) in [6.45, 7) is 13.4. The minimum Gasteiger partial charge on any atom is -0.490 e. The average Bonchev–Trinajstić information content (AvgIpc) is 2.71. The van der Waals surface area contributed by atoms with Gasteiger partial charge in [-0.2, -0.15) is 0 Å². The van der Waals surface area contributed by atoms with Crippen LogP contribution >= 0.6 is 0 Å². The topological polar surface area (TPSA) is 49.3 Å². The van der Waals surface area contributed by atoms with Crippen LogP contribution in [0.5, 0.6) is 5.75 Å². The van der Waals surface area contributed by atoms with Gasteiger partial charge in [0.15, 0.2) is 5.96 Å². The second-order valence-corrected chi connectivity index (χ2v) is 8.22. The van der Waals surface area contributed by atoms with Gasteiger partial charge in [0.2, 0.25) is 0 Å². The quantitative estimate of drug-likeness (QED) is 0.432. The maximum Gasteiger partial charge on any atom is 0.193 e. The smallest absolute Gasteiger partial charge is 0.193 e. The van der Waals surface area contributed by atoms with Gasteiger partial charge in [-0.1, -0.05) is 18.2 Å². The number of para-hydroxylation sites is 1. The summed E-state index contributed by atoms with van der Waals surface area (Å²) in [5, 5.41) is 3.47. The fraction of sp³-hybridized carbons (Fsp3) is 0.696. The third-order valence-corrected chi connectivity index (χ3v) is 5.51. The second-order valence-electron chi connectivity index (χ2n) is 8.22. The van der Waals surface area contributed by atoms with Gasteiger partial charge in [0.1, 0.15) is 11.9 Å². The van der Waals surface area contributed by atoms with E-state index < -0.39 is 0 Å². The molecule has 2 aliphatic rings. The molecule has 29 heavy (non-hydrogen) atoms. The zero-order valence-electron chi connectivity index (χ0n) is 18.3. The van der Waals surface area contributed by atoms with Crippen LogP contribution in [0.4, 0.5) is 0 Å². The van der Waals surface area contributed by atoms with Crippen molar-refractivity contribution in [3.8, 4) is 5.75 Å². The molecule has 2 atom stereocenters. The number of aliphatic imine (C=N–C) groups is 1. The molecule has 2 unspecified atom stereocenters. The predicted octanol–water partition coefficient (Wildman–Crippen LogP) is 2.99. The second kappa shape index (κ2) is 11.4. The molecule has 2 heterocycles. The lowest BCUT2D eigenvalue weighted by Gasteiger charge is -2.35. The molecule has 2 aliphatic heterocycles. The van der Waals surface area contributed by atoms with Gasteiger partial charge >= 0.3 is 0 Å². The Labute approximate surface area is 176 Å². The highest BCUT2D eigenvalue weighted by atomic mass is 16.5. The Morgan fingerprint density at radius 1 is 1.14 bits per heavy atom. The number of morpholine rings is 1. The molecule has 0 aromatic heterocycles. The zero-order valence-corrected chi connectivity index (χ0v) is 18.3. The molecule has 1 N–H and O–H groups in total. The van der Waals surface area contributed by atoms with Crippen molar-refractivity contribution in [1.82, 2.24) is 15.1 Å². The van der Waals surface area contributed by atoms with Gasteiger partial charge in [0, 0.05) is 58.7 Å². The first-order valence-electron chi connectivity index (χ1n) is 11.3. The average molecular weight is 403 g/mol. The molecule has 1 aromatic carbocycles. The summed E-state index contributed by atoms with van der Waals surface area (Å²) < 4.78 is 11.9. The number of ether oxygens (including phenoxy) is 2. The van der Waals surface area contributed by atoms with Gasteiger partial charge < -0.3 is 19.7 Å². The summed E-state index contributed by atoms with van der Waals surface area (Å²) in [4.78, 5) is 9.79. The maximum atomic E-state index is 6.12. The monoisotopic (exact) mass is 402 g/mol. The lowest BCUT2D eigenvalue weighted by atomic mass is 10.1. The van der Waals surface area contributed by atoms with Gasteiger partial charge in [0.05, 0.1) is 12.2 Å². The maximum absolute atomic E-state index is 6.12. The Hall–Kier alpha value is -1.79. The van der Waals surface area contributed by atoms with Gasteiger partial charge in [-0.3, -0.25) is 9.89 Å². The van der Waals surface area contributed by atoms with Crippen molar-refractivity contribution in [2.24, 2.45) is 4.99 Å². The molecule has 3 rings (SSSR count). The number of likely N-dealkylation sites (tertiary alicyclic amines) is 1. The first-order chi connectivity index (χ1) is 14.1. The van der Waals surface area contributed by atoms with Crippen LogP contribution in [0.1, 0.15) is 40.0 Å². The molecular formula is C23H38N4O2. The Bertz CT molecular complexity index is 607. The van der Waals surface area contributed by atoms with Crippen LogP contribution in [0, 0.1) is 0 Å². The van der Waals surface area contributed by atoms with Crippen LogP contribution in [-0.2, 0) is 4.74 Å².